The number of aliphatic hydroxyl groups excluding tert-OH is 2. The normalized spacial score (nSPS) is 16.9. The zero-order valence-corrected chi connectivity index (χ0v) is 40.6. The van der Waals surface area contributed by atoms with E-state index in [9.17, 15) is 96.7 Å². The van der Waals surface area contributed by atoms with E-state index in [-0.39, 0.29) is 61.9 Å². The number of aryl methyl sites for hydroxylation is 1. The minimum atomic E-state index is -2.80. The third kappa shape index (κ3) is 5.37. The number of fused-ring (bicyclic) bond motifs is 13. The molecule has 4 aliphatic rings. The monoisotopic (exact) mass is 1040 g/mol. The van der Waals surface area contributed by atoms with Gasteiger partial charge in [-0.25, -0.2) is 0 Å². The summed E-state index contributed by atoms with van der Waals surface area (Å²) in [6.45, 7) is 8.84. The molecule has 11 rings (SSSR count). The highest BCUT2D eigenvalue weighted by molar-refractivity contribution is 6.14. The van der Waals surface area contributed by atoms with Gasteiger partial charge in [-0.1, -0.05) is 27.7 Å². The molecule has 0 radical (unpaired) electrons. The molecule has 0 heterocycles. The third-order valence-electron chi connectivity index (χ3n) is 15.7. The Bertz CT molecular complexity index is 4030. The molecule has 18 N–H and O–H groups in total. The first kappa shape index (κ1) is 48.2. The van der Waals surface area contributed by atoms with Crippen molar-refractivity contribution in [3.05, 3.63) is 116 Å². The number of hydrogen-bond donors (Lipinski definition) is 18. The number of aromatic hydroxyl groups is 16. The predicted octanol–water partition coefficient (Wildman–Crippen LogP) is 9.00. The van der Waals surface area contributed by atoms with Crippen LogP contribution in [0, 0.1) is 6.92 Å². The van der Waals surface area contributed by atoms with Crippen LogP contribution in [-0.4, -0.2) is 98.2 Å². The molecule has 0 saturated carbocycles. The van der Waals surface area contributed by atoms with Gasteiger partial charge in [0, 0.05) is 78.1 Å². The lowest BCUT2D eigenvalue weighted by atomic mass is 9.68. The van der Waals surface area contributed by atoms with Crippen LogP contribution in [0.25, 0.3) is 39.0 Å². The number of phenols is 16. The van der Waals surface area contributed by atoms with Gasteiger partial charge in [-0.05, 0) is 89.7 Å². The van der Waals surface area contributed by atoms with Crippen LogP contribution in [0.1, 0.15) is 84.7 Å². The molecule has 0 aliphatic heterocycles. The largest absolute Gasteiger partial charge is 0.509 e. The van der Waals surface area contributed by atoms with E-state index < -0.39 is 176 Å². The molecule has 4 aliphatic carbocycles. The van der Waals surface area contributed by atoms with Crippen molar-refractivity contribution in [3.63, 3.8) is 0 Å². The number of carbonyl (C=O) groups is 1. The predicted molar refractivity (Wildman–Crippen MR) is 270 cm³/mol. The molecule has 0 aromatic heterocycles. The van der Waals surface area contributed by atoms with Crippen molar-refractivity contribution >= 4 is 28.9 Å². The average Bonchev–Trinajstić information content (AvgIpc) is 4.20. The van der Waals surface area contributed by atoms with Crippen molar-refractivity contribution < 1.29 is 96.7 Å². The fourth-order valence-electron chi connectivity index (χ4n) is 12.5. The van der Waals surface area contributed by atoms with Gasteiger partial charge in [-0.3, -0.25) is 4.79 Å². The van der Waals surface area contributed by atoms with E-state index in [2.05, 4.69) is 0 Å². The van der Waals surface area contributed by atoms with E-state index in [1.165, 1.54) is 19.1 Å². The van der Waals surface area contributed by atoms with Crippen LogP contribution in [0.4, 0.5) is 17.1 Å². The topological polar surface area (TPSA) is 384 Å². The Morgan fingerprint density at radius 1 is 0.461 bits per heavy atom. The number of allylic oxidation sites excluding steroid dienone is 3. The maximum atomic E-state index is 14.0. The minimum absolute atomic E-state index is 0.0296. The van der Waals surface area contributed by atoms with Crippen LogP contribution in [-0.2, 0) is 21.0 Å². The summed E-state index contributed by atoms with van der Waals surface area (Å²) >= 11 is 0. The third-order valence-corrected chi connectivity index (χ3v) is 15.7. The van der Waals surface area contributed by atoms with Gasteiger partial charge in [0.15, 0.2) is 63.3 Å². The van der Waals surface area contributed by atoms with Crippen LogP contribution >= 0.6 is 0 Å². The smallest absolute Gasteiger partial charge is 0.204 e. The number of benzene rings is 7. The van der Waals surface area contributed by atoms with Crippen molar-refractivity contribution in [2.24, 2.45) is 0 Å². The first-order valence-electron chi connectivity index (χ1n) is 23.1. The van der Waals surface area contributed by atoms with E-state index in [1.54, 1.807) is 27.7 Å². The van der Waals surface area contributed by atoms with E-state index in [0.29, 0.717) is 0 Å². The molecule has 0 fully saturated rings. The number of nitrogens with zero attached hydrogens (tertiary/aromatic N) is 1. The lowest BCUT2D eigenvalue weighted by Gasteiger charge is -2.34. The van der Waals surface area contributed by atoms with Crippen LogP contribution in [0.5, 0.6) is 92.0 Å². The van der Waals surface area contributed by atoms with Crippen LogP contribution in [0.15, 0.2) is 65.6 Å². The lowest BCUT2D eigenvalue weighted by Crippen LogP contribution is -2.29. The van der Waals surface area contributed by atoms with E-state index in [1.807, 2.05) is 0 Å². The SMILES string of the molecule is C/C(O)=C(/O)C1=C(C=O)C2(c3c(O)cc(O)cc3-c3c(N(c4cc5c(c(O)c4O)-c4cc(C)c(O)c(O)c4C5(C)C)c4c(O)c(O)cc5c4-c4cc(O)c(O)c(O)c4C5(C)C)ccc(O)c32)c2c(O)c(O)c(O)c(O)c21. The molecule has 7 aromatic carbocycles. The van der Waals surface area contributed by atoms with Crippen LogP contribution in [0.2, 0.25) is 0 Å². The van der Waals surface area contributed by atoms with Gasteiger partial charge in [0.05, 0.1) is 16.8 Å². The summed E-state index contributed by atoms with van der Waals surface area (Å²) in [5.41, 5.74) is -11.8. The Balaban J connectivity index is 1.39. The molecule has 76 heavy (non-hydrogen) atoms. The molecule has 0 bridgehead atoms. The number of carbonyl (C=O) groups excluding carboxylic acids is 1. The van der Waals surface area contributed by atoms with Gasteiger partial charge in [0.25, 0.3) is 0 Å². The number of aldehydes is 1. The molecule has 0 amide bonds. The van der Waals surface area contributed by atoms with Crippen molar-refractivity contribution in [2.45, 2.75) is 57.8 Å². The fraction of sp³-hybridized carbons (Fsp3) is 0.161. The Labute approximate surface area is 428 Å². The highest BCUT2D eigenvalue weighted by Gasteiger charge is 2.61. The van der Waals surface area contributed by atoms with Gasteiger partial charge < -0.3 is 96.8 Å². The Morgan fingerprint density at radius 3 is 1.62 bits per heavy atom. The Kier molecular flexibility index (Phi) is 9.37. The maximum absolute atomic E-state index is 14.0. The van der Waals surface area contributed by atoms with E-state index in [4.69, 9.17) is 0 Å². The summed E-state index contributed by atoms with van der Waals surface area (Å²) in [6.07, 6.45) is 0.0664. The summed E-state index contributed by atoms with van der Waals surface area (Å²) in [5.74, 6) is -17.3. The van der Waals surface area contributed by atoms with Crippen molar-refractivity contribution in [2.75, 3.05) is 4.90 Å². The number of aliphatic hydroxyl groups is 2. The number of rotatable bonds is 5. The highest BCUT2D eigenvalue weighted by Crippen LogP contribution is 2.74. The molecular weight excluding hydrogens is 991 g/mol. The summed E-state index contributed by atoms with van der Waals surface area (Å²) in [7, 11) is 0. The van der Waals surface area contributed by atoms with Crippen molar-refractivity contribution in [1.82, 2.24) is 0 Å². The van der Waals surface area contributed by atoms with E-state index >= 15 is 0 Å². The molecule has 1 atom stereocenters. The standard InChI is InChI=1S/C56H45NO19/c1-16-9-19-32-22(54(3,4)37(19)49(72)42(16)65)13-26(44(67)47(32)70)57(41-31-21-12-29(63)46(69)50(73)38(21)55(5,6)23(31)14-30(64)45(41)68)25-7-8-27(61)39-33(25)20-10-18(60)11-28(62)36(20)56(39)24(15-58)34(43(66)17(2)59)35-40(56)51(74)53(76)52(75)48(35)71/h7-15,59-76H,1-6H3/b43-17-. The quantitative estimate of drug-likeness (QED) is 0.0331. The number of anilines is 3. The second kappa shape index (κ2) is 14.8. The minimum Gasteiger partial charge on any atom is -0.509 e. The molecule has 1 unspecified atom stereocenters. The van der Waals surface area contributed by atoms with Gasteiger partial charge in [-0.15, -0.1) is 0 Å². The Hall–Kier alpha value is -10.1. The summed E-state index contributed by atoms with van der Waals surface area (Å²) in [4.78, 5) is 15.0. The first-order valence-corrected chi connectivity index (χ1v) is 23.1. The summed E-state index contributed by atoms with van der Waals surface area (Å²) in [5, 5.41) is 210. The summed E-state index contributed by atoms with van der Waals surface area (Å²) in [6, 6.07) is 8.91. The molecule has 20 nitrogen and oxygen atoms in total. The average molecular weight is 1040 g/mol. The Morgan fingerprint density at radius 2 is 1.00 bits per heavy atom. The first-order chi connectivity index (χ1) is 35.5. The van der Waals surface area contributed by atoms with Gasteiger partial charge in [0.1, 0.15) is 35.0 Å². The van der Waals surface area contributed by atoms with Gasteiger partial charge in [-0.2, -0.15) is 0 Å². The molecule has 20 heteroatoms. The zero-order valence-electron chi connectivity index (χ0n) is 40.6. The van der Waals surface area contributed by atoms with Crippen molar-refractivity contribution in [1.29, 1.82) is 0 Å². The number of phenolic OH excluding ortho intramolecular Hbond substituents is 16. The second-order valence-electron chi connectivity index (χ2n) is 20.4. The van der Waals surface area contributed by atoms with Gasteiger partial charge >= 0.3 is 0 Å². The molecule has 7 aromatic rings. The maximum Gasteiger partial charge on any atom is 0.204 e. The van der Waals surface area contributed by atoms with Gasteiger partial charge in [0.2, 0.25) is 17.2 Å². The van der Waals surface area contributed by atoms with Crippen LogP contribution in [0.3, 0.4) is 0 Å². The van der Waals surface area contributed by atoms with E-state index in [0.717, 1.165) is 48.2 Å². The van der Waals surface area contributed by atoms with Crippen molar-refractivity contribution in [3.8, 4) is 125 Å². The molecule has 388 valence electrons. The molecular formula is C56H45NO19. The number of hydrogen-bond acceptors (Lipinski definition) is 20. The molecule has 1 spiro atoms. The van der Waals surface area contributed by atoms with Crippen LogP contribution < -0.4 is 4.90 Å². The fourth-order valence-corrected chi connectivity index (χ4v) is 12.5. The lowest BCUT2D eigenvalue weighted by molar-refractivity contribution is -0.105. The zero-order chi connectivity index (χ0) is 55.4. The molecule has 0 saturated heterocycles. The second-order valence-corrected chi connectivity index (χ2v) is 20.4. The highest BCUT2D eigenvalue weighted by atomic mass is 16.4. The summed E-state index contributed by atoms with van der Waals surface area (Å²) < 4.78 is 0.